The van der Waals surface area contributed by atoms with Gasteiger partial charge in [0.05, 0.1) is 6.61 Å². The van der Waals surface area contributed by atoms with Crippen LogP contribution in [0.3, 0.4) is 0 Å². The topological polar surface area (TPSA) is 21.3 Å². The maximum atomic E-state index is 12.9. The van der Waals surface area contributed by atoms with Crippen LogP contribution in [0, 0.1) is 11.6 Å². The molecule has 0 heterocycles. The second-order valence-electron chi connectivity index (χ2n) is 5.10. The van der Waals surface area contributed by atoms with Gasteiger partial charge in [-0.25, -0.2) is 8.78 Å². The van der Waals surface area contributed by atoms with Crippen molar-refractivity contribution in [1.29, 1.82) is 0 Å². The van der Waals surface area contributed by atoms with Gasteiger partial charge in [-0.2, -0.15) is 0 Å². The van der Waals surface area contributed by atoms with E-state index in [1.165, 1.54) is 44.2 Å². The second kappa shape index (κ2) is 7.43. The number of hydrogen-bond donors (Lipinski definition) is 1. The molecule has 1 fully saturated rings. The quantitative estimate of drug-likeness (QED) is 0.796. The van der Waals surface area contributed by atoms with Crippen molar-refractivity contribution in [3.8, 4) is 5.75 Å². The van der Waals surface area contributed by atoms with Crippen LogP contribution in [0.2, 0.25) is 0 Å². The molecular formula is C15H21F2NO. The predicted octanol–water partition coefficient (Wildman–Crippen LogP) is 3.66. The first-order valence-electron chi connectivity index (χ1n) is 7.06. The summed E-state index contributed by atoms with van der Waals surface area (Å²) >= 11 is 0. The Morgan fingerprint density at radius 2 is 1.74 bits per heavy atom. The van der Waals surface area contributed by atoms with Gasteiger partial charge in [-0.15, -0.1) is 0 Å². The normalized spacial score (nSPS) is 16.5. The zero-order valence-corrected chi connectivity index (χ0v) is 11.1. The summed E-state index contributed by atoms with van der Waals surface area (Å²) in [6.07, 6.45) is 7.35. The lowest BCUT2D eigenvalue weighted by molar-refractivity contribution is 0.294. The molecular weight excluding hydrogens is 248 g/mol. The van der Waals surface area contributed by atoms with Gasteiger partial charge < -0.3 is 10.1 Å². The van der Waals surface area contributed by atoms with Crippen molar-refractivity contribution in [1.82, 2.24) is 5.32 Å². The minimum Gasteiger partial charge on any atom is -0.493 e. The van der Waals surface area contributed by atoms with Crippen LogP contribution >= 0.6 is 0 Å². The highest BCUT2D eigenvalue weighted by Gasteiger charge is 2.11. The molecule has 0 aliphatic heterocycles. The first-order chi connectivity index (χ1) is 9.24. The van der Waals surface area contributed by atoms with Crippen LogP contribution in [0.15, 0.2) is 18.2 Å². The van der Waals surface area contributed by atoms with Gasteiger partial charge in [-0.1, -0.05) is 19.3 Å². The molecule has 4 heteroatoms. The average Bonchev–Trinajstić information content (AvgIpc) is 2.38. The lowest BCUT2D eigenvalue weighted by Gasteiger charge is -2.22. The summed E-state index contributed by atoms with van der Waals surface area (Å²) in [5, 5.41) is 3.50. The third-order valence-corrected chi connectivity index (χ3v) is 3.46. The monoisotopic (exact) mass is 269 g/mol. The second-order valence-corrected chi connectivity index (χ2v) is 5.10. The van der Waals surface area contributed by atoms with Gasteiger partial charge in [0.1, 0.15) is 17.4 Å². The summed E-state index contributed by atoms with van der Waals surface area (Å²) in [6.45, 7) is 1.37. The van der Waals surface area contributed by atoms with E-state index >= 15 is 0 Å². The number of nitrogens with one attached hydrogen (secondary N) is 1. The molecule has 1 saturated carbocycles. The Bertz CT molecular complexity index is 371. The number of hydrogen-bond acceptors (Lipinski definition) is 2. The number of rotatable bonds is 6. The molecule has 1 aliphatic rings. The molecule has 0 atom stereocenters. The fourth-order valence-corrected chi connectivity index (χ4v) is 2.49. The molecule has 0 amide bonds. The summed E-state index contributed by atoms with van der Waals surface area (Å²) < 4.78 is 31.2. The summed E-state index contributed by atoms with van der Waals surface area (Å²) in [7, 11) is 0. The summed E-state index contributed by atoms with van der Waals surface area (Å²) in [6, 6.07) is 3.90. The lowest BCUT2D eigenvalue weighted by atomic mass is 9.95. The van der Waals surface area contributed by atoms with E-state index in [4.69, 9.17) is 4.74 Å². The molecule has 2 nitrogen and oxygen atoms in total. The Morgan fingerprint density at radius 3 is 2.42 bits per heavy atom. The number of halogens is 2. The Hall–Kier alpha value is -1.16. The van der Waals surface area contributed by atoms with Gasteiger partial charge in [-0.05, 0) is 25.8 Å². The van der Waals surface area contributed by atoms with Gasteiger partial charge in [0.15, 0.2) is 0 Å². The predicted molar refractivity (Wildman–Crippen MR) is 71.3 cm³/mol. The van der Waals surface area contributed by atoms with Crippen LogP contribution in [-0.4, -0.2) is 19.2 Å². The maximum Gasteiger partial charge on any atom is 0.129 e. The van der Waals surface area contributed by atoms with Crippen LogP contribution in [0.1, 0.15) is 38.5 Å². The van der Waals surface area contributed by atoms with Gasteiger partial charge in [0.2, 0.25) is 0 Å². The van der Waals surface area contributed by atoms with E-state index in [0.717, 1.165) is 19.0 Å². The number of ether oxygens (including phenoxy) is 1. The molecule has 1 aromatic rings. The van der Waals surface area contributed by atoms with Gasteiger partial charge in [0.25, 0.3) is 0 Å². The molecule has 2 rings (SSSR count). The molecule has 0 spiro atoms. The van der Waals surface area contributed by atoms with Crippen molar-refractivity contribution in [3.05, 3.63) is 29.8 Å². The fourth-order valence-electron chi connectivity index (χ4n) is 2.49. The standard InChI is InChI=1S/C15H21F2NO/c16-12-9-13(17)11-15(10-12)19-8-4-7-18-14-5-2-1-3-6-14/h9-11,14,18H,1-8H2. The van der Waals surface area contributed by atoms with E-state index in [-0.39, 0.29) is 5.75 Å². The fraction of sp³-hybridized carbons (Fsp3) is 0.600. The summed E-state index contributed by atoms with van der Waals surface area (Å²) in [5.74, 6) is -0.944. The van der Waals surface area contributed by atoms with Crippen LogP contribution in [-0.2, 0) is 0 Å². The van der Waals surface area contributed by atoms with Gasteiger partial charge in [-0.3, -0.25) is 0 Å². The molecule has 19 heavy (non-hydrogen) atoms. The lowest BCUT2D eigenvalue weighted by Crippen LogP contribution is -2.32. The Morgan fingerprint density at radius 1 is 1.05 bits per heavy atom. The van der Waals surface area contributed by atoms with Crippen molar-refractivity contribution >= 4 is 0 Å². The first kappa shape index (κ1) is 14.3. The van der Waals surface area contributed by atoms with E-state index in [0.29, 0.717) is 12.6 Å². The van der Waals surface area contributed by atoms with Crippen LogP contribution < -0.4 is 10.1 Å². The van der Waals surface area contributed by atoms with Crippen LogP contribution in [0.5, 0.6) is 5.75 Å². The average molecular weight is 269 g/mol. The summed E-state index contributed by atoms with van der Waals surface area (Å²) in [5.41, 5.74) is 0. The highest BCUT2D eigenvalue weighted by Crippen LogP contribution is 2.17. The molecule has 1 N–H and O–H groups in total. The molecule has 0 unspecified atom stereocenters. The van der Waals surface area contributed by atoms with Crippen LogP contribution in [0.4, 0.5) is 8.78 Å². The van der Waals surface area contributed by atoms with Crippen molar-refractivity contribution in [2.45, 2.75) is 44.6 Å². The third kappa shape index (κ3) is 5.15. The largest absolute Gasteiger partial charge is 0.493 e. The number of benzene rings is 1. The Balaban J connectivity index is 1.60. The van der Waals surface area contributed by atoms with Crippen molar-refractivity contribution in [3.63, 3.8) is 0 Å². The van der Waals surface area contributed by atoms with Crippen molar-refractivity contribution in [2.75, 3.05) is 13.2 Å². The third-order valence-electron chi connectivity index (χ3n) is 3.46. The molecule has 0 saturated heterocycles. The SMILES string of the molecule is Fc1cc(F)cc(OCCCNC2CCCCC2)c1. The molecule has 106 valence electrons. The Kier molecular flexibility index (Phi) is 5.58. The van der Waals surface area contributed by atoms with Crippen molar-refractivity contribution in [2.24, 2.45) is 0 Å². The van der Waals surface area contributed by atoms with E-state index in [1.54, 1.807) is 0 Å². The van der Waals surface area contributed by atoms with Crippen LogP contribution in [0.25, 0.3) is 0 Å². The molecule has 0 radical (unpaired) electrons. The Labute approximate surface area is 113 Å². The minimum atomic E-state index is -0.602. The van der Waals surface area contributed by atoms with Gasteiger partial charge in [0, 0.05) is 24.2 Å². The zero-order valence-electron chi connectivity index (χ0n) is 11.1. The van der Waals surface area contributed by atoms with E-state index in [9.17, 15) is 8.78 Å². The summed E-state index contributed by atoms with van der Waals surface area (Å²) in [4.78, 5) is 0. The minimum absolute atomic E-state index is 0.259. The molecule has 1 aliphatic carbocycles. The smallest absolute Gasteiger partial charge is 0.129 e. The van der Waals surface area contributed by atoms with E-state index in [1.807, 2.05) is 0 Å². The van der Waals surface area contributed by atoms with E-state index in [2.05, 4.69) is 5.32 Å². The zero-order chi connectivity index (χ0) is 13.5. The highest BCUT2D eigenvalue weighted by atomic mass is 19.1. The van der Waals surface area contributed by atoms with Gasteiger partial charge >= 0.3 is 0 Å². The molecule has 0 bridgehead atoms. The highest BCUT2D eigenvalue weighted by molar-refractivity contribution is 5.23. The maximum absolute atomic E-state index is 12.9. The molecule has 1 aromatic carbocycles. The van der Waals surface area contributed by atoms with Crippen molar-refractivity contribution < 1.29 is 13.5 Å². The molecule has 0 aromatic heterocycles. The van der Waals surface area contributed by atoms with E-state index < -0.39 is 11.6 Å². The first-order valence-corrected chi connectivity index (χ1v) is 7.06.